The van der Waals surface area contributed by atoms with Crippen LogP contribution in [0.15, 0.2) is 315 Å². The summed E-state index contributed by atoms with van der Waals surface area (Å²) in [5, 5.41) is 54.9. The molecule has 29 heteroatoms. The molecule has 0 saturated carbocycles. The smallest absolute Gasteiger partial charge is 0.359 e. The van der Waals surface area contributed by atoms with Gasteiger partial charge in [0.25, 0.3) is 0 Å². The molecule has 3 aromatic heterocycles. The lowest BCUT2D eigenvalue weighted by molar-refractivity contribution is -0.172. The third kappa shape index (κ3) is 22.9. The van der Waals surface area contributed by atoms with Gasteiger partial charge in [-0.25, -0.2) is 42.8 Å². The van der Waals surface area contributed by atoms with Crippen LogP contribution in [0.4, 0.5) is 17.1 Å². The molecule has 0 bridgehead atoms. The van der Waals surface area contributed by atoms with E-state index in [1.54, 1.807) is 66.8 Å². The minimum Gasteiger partial charge on any atom is -0.497 e. The lowest BCUT2D eigenvalue weighted by Crippen LogP contribution is -2.48. The number of esters is 6. The number of nitrogens with zero attached hydrogens (tertiary/aromatic N) is 9. The summed E-state index contributed by atoms with van der Waals surface area (Å²) < 4.78 is 55.7. The van der Waals surface area contributed by atoms with Crippen molar-refractivity contribution in [3.05, 3.63) is 366 Å². The van der Waals surface area contributed by atoms with E-state index in [2.05, 4.69) is 99.3 Å². The quantitative estimate of drug-likeness (QED) is 0.0161. The van der Waals surface area contributed by atoms with Crippen LogP contribution in [0.25, 0.3) is 49.8 Å². The number of carbonyl (C=O) groups is 6. The van der Waals surface area contributed by atoms with Crippen molar-refractivity contribution >= 4 is 85.6 Å². The molecule has 0 spiro atoms. The molecule has 0 radical (unpaired) electrons. The molecule has 0 saturated heterocycles. The highest BCUT2D eigenvalue weighted by Gasteiger charge is 2.41. The first-order chi connectivity index (χ1) is 64.1. The van der Waals surface area contributed by atoms with Crippen LogP contribution in [0.5, 0.6) is 23.0 Å². The van der Waals surface area contributed by atoms with Crippen molar-refractivity contribution < 1.29 is 96.6 Å². The van der Waals surface area contributed by atoms with E-state index in [0.717, 1.165) is 107 Å². The summed E-state index contributed by atoms with van der Waals surface area (Å²) in [5.41, 5.74) is 9.59. The summed E-state index contributed by atoms with van der Waals surface area (Å²) in [5.74, 6) is -2.05. The molecule has 2 atom stereocenters. The molecular formula is C103H99N9O20. The van der Waals surface area contributed by atoms with Gasteiger partial charge in [-0.05, 0) is 173 Å². The number of rotatable bonds is 36. The number of hydrogen-bond donors (Lipinski definition) is 4. The molecule has 0 fully saturated rings. The fourth-order valence-electron chi connectivity index (χ4n) is 14.4. The predicted octanol–water partition coefficient (Wildman–Crippen LogP) is 14.7. The zero-order chi connectivity index (χ0) is 93.3. The minimum absolute atomic E-state index is 0.00882. The summed E-state index contributed by atoms with van der Waals surface area (Å²) >= 11 is 0. The highest BCUT2D eigenvalue weighted by Crippen LogP contribution is 2.33. The van der Waals surface area contributed by atoms with Crippen molar-refractivity contribution in [1.29, 1.82) is 0 Å². The SMILES string of the molecule is C=C(COC(=O)c1nn(-c2ccc(N(Cc3ccc(OC)cc3)Cc3ccc(OC)cc3)cc2)c2ccccc12)C(=O)OC.COC(=O)C(O)(CO)COC(=O)c1nn(-c2ccc(N(Cc3ccc(OC)cc3)Cc3ccc(OC)cc3)cc2)c2ccccc12.COC(=O)C(O)(CO)COC(=O)c1nn(-c2ccc(N(Cc3ccccc3)Cc3ccccc3)cc2)c2ccccc12. The van der Waals surface area contributed by atoms with Crippen LogP contribution >= 0.6 is 0 Å². The summed E-state index contributed by atoms with van der Waals surface area (Å²) in [7, 11) is 9.96. The number of methoxy groups -OCH3 is 7. The van der Waals surface area contributed by atoms with Crippen molar-refractivity contribution in [2.45, 2.75) is 50.5 Å². The number of carbonyl (C=O) groups excluding carboxylic acids is 6. The van der Waals surface area contributed by atoms with E-state index >= 15 is 0 Å². The molecule has 15 rings (SSSR count). The first-order valence-electron chi connectivity index (χ1n) is 41.8. The van der Waals surface area contributed by atoms with E-state index in [0.29, 0.717) is 59.1 Å². The molecule has 15 aromatic rings. The Morgan fingerprint density at radius 3 is 0.818 bits per heavy atom. The van der Waals surface area contributed by atoms with E-state index in [-0.39, 0.29) is 29.3 Å². The second-order valence-corrected chi connectivity index (χ2v) is 30.5. The second-order valence-electron chi connectivity index (χ2n) is 30.5. The molecule has 0 aliphatic rings. The van der Waals surface area contributed by atoms with Crippen LogP contribution < -0.4 is 33.6 Å². The van der Waals surface area contributed by atoms with Crippen molar-refractivity contribution in [1.82, 2.24) is 29.3 Å². The zero-order valence-corrected chi connectivity index (χ0v) is 73.7. The van der Waals surface area contributed by atoms with E-state index in [9.17, 15) is 49.2 Å². The Hall–Kier alpha value is -16.0. The molecule has 0 aliphatic heterocycles. The average Bonchev–Trinajstić information content (AvgIpc) is 1.63. The molecule has 132 heavy (non-hydrogen) atoms. The summed E-state index contributed by atoms with van der Waals surface area (Å²) in [6.45, 7) is 3.84. The van der Waals surface area contributed by atoms with Gasteiger partial charge >= 0.3 is 35.8 Å². The largest absolute Gasteiger partial charge is 0.497 e. The number of aromatic nitrogens is 6. The Morgan fingerprint density at radius 2 is 0.568 bits per heavy atom. The van der Waals surface area contributed by atoms with E-state index in [4.69, 9.17) is 33.2 Å². The maximum absolute atomic E-state index is 13.1. The van der Waals surface area contributed by atoms with Crippen LogP contribution in [-0.2, 0) is 82.1 Å². The van der Waals surface area contributed by atoms with Crippen molar-refractivity contribution in [2.75, 3.05) is 97.5 Å². The molecule has 3 heterocycles. The Kier molecular flexibility index (Phi) is 31.4. The zero-order valence-electron chi connectivity index (χ0n) is 73.7. The molecule has 676 valence electrons. The molecule has 0 aliphatic carbocycles. The van der Waals surface area contributed by atoms with E-state index in [1.807, 2.05) is 231 Å². The first-order valence-corrected chi connectivity index (χ1v) is 41.8. The lowest BCUT2D eigenvalue weighted by atomic mass is 10.1. The molecule has 2 unspecified atom stereocenters. The maximum Gasteiger partial charge on any atom is 0.359 e. The number of aliphatic hydroxyl groups excluding tert-OH is 2. The first kappa shape index (κ1) is 93.7. The fourth-order valence-corrected chi connectivity index (χ4v) is 14.4. The number of ether oxygens (including phenoxy) is 10. The molecule has 4 N–H and O–H groups in total. The number of aliphatic hydroxyl groups is 4. The number of benzene rings is 12. The van der Waals surface area contributed by atoms with Gasteiger partial charge in [0.2, 0.25) is 11.2 Å². The van der Waals surface area contributed by atoms with Crippen LogP contribution in [0.1, 0.15) is 64.8 Å². The summed E-state index contributed by atoms with van der Waals surface area (Å²) in [6, 6.07) is 98.1. The Bertz CT molecular complexity index is 6300. The normalized spacial score (nSPS) is 11.8. The molecule has 0 amide bonds. The number of para-hydroxylation sites is 3. The van der Waals surface area contributed by atoms with Gasteiger partial charge in [-0.15, -0.1) is 0 Å². The van der Waals surface area contributed by atoms with Crippen LogP contribution in [0.2, 0.25) is 0 Å². The topological polar surface area (TPSA) is 339 Å². The van der Waals surface area contributed by atoms with Gasteiger partial charge in [0.15, 0.2) is 17.1 Å². The second kappa shape index (κ2) is 44.2. The highest BCUT2D eigenvalue weighted by atomic mass is 16.6. The summed E-state index contributed by atoms with van der Waals surface area (Å²) in [6.07, 6.45) is 0. The van der Waals surface area contributed by atoms with Gasteiger partial charge in [0.1, 0.15) is 42.8 Å². The molecule has 29 nitrogen and oxygen atoms in total. The van der Waals surface area contributed by atoms with Crippen molar-refractivity contribution in [2.24, 2.45) is 0 Å². The van der Waals surface area contributed by atoms with Gasteiger partial charge in [0, 0.05) is 72.5 Å². The summed E-state index contributed by atoms with van der Waals surface area (Å²) in [4.78, 5) is 81.3. The highest BCUT2D eigenvalue weighted by molar-refractivity contribution is 6.05. The number of hydrogen-bond acceptors (Lipinski definition) is 26. The molecule has 12 aromatic carbocycles. The lowest BCUT2D eigenvalue weighted by Gasteiger charge is -2.26. The number of anilines is 3. The van der Waals surface area contributed by atoms with Gasteiger partial charge in [-0.1, -0.05) is 170 Å². The average molecular weight is 1780 g/mol. The monoisotopic (exact) mass is 1780 g/mol. The van der Waals surface area contributed by atoms with Gasteiger partial charge in [-0.2, -0.15) is 15.3 Å². The maximum atomic E-state index is 13.1. The molecular weight excluding hydrogens is 1680 g/mol. The number of fused-ring (bicyclic) bond motifs is 3. The van der Waals surface area contributed by atoms with Gasteiger partial charge < -0.3 is 82.5 Å². The standard InChI is InChI=1S/C35H35N3O8.C35H33N3O6.C33H31N3O6/c1-43-28-16-8-24(9-17-28)20-37(21-25-10-18-29(44-2)19-11-25)26-12-14-27(15-13-26)38-31-7-5-4-6-30(31)32(36-38)33(40)46-23-35(42,22-39)34(41)45-3;1-24(34(39)43-4)23-44-35(40)33-31-7-5-6-8-32(31)38(36-33)28-15-13-27(14-16-28)37(21-25-9-17-29(41-2)18-10-25)22-26-11-19-30(42-3)20-12-26;1-41-32(39)33(40,22-37)23-42-31(38)30-28-14-8-9-15-29(28)36(34-30)27-18-16-26(17-19-27)35(20-24-10-4-2-5-11-24)21-25-12-6-3-7-13-25/h4-19,39,42H,20-23H2,1-3H3;5-20H,1,21-23H2,2-4H3;2-19,37,40H,20-23H2,1H3. The predicted molar refractivity (Wildman–Crippen MR) is 498 cm³/mol. The Morgan fingerprint density at radius 1 is 0.318 bits per heavy atom. The third-order valence-electron chi connectivity index (χ3n) is 21.7. The van der Waals surface area contributed by atoms with Gasteiger partial charge in [-0.3, -0.25) is 0 Å². The van der Waals surface area contributed by atoms with Gasteiger partial charge in [0.05, 0.1) is 102 Å². The van der Waals surface area contributed by atoms with Crippen LogP contribution in [0, 0.1) is 0 Å². The van der Waals surface area contributed by atoms with E-state index < -0.39 is 73.4 Å². The van der Waals surface area contributed by atoms with Crippen molar-refractivity contribution in [3.8, 4) is 40.1 Å². The fraction of sp³-hybridized carbons (Fsp3) is 0.194. The Labute approximate surface area is 761 Å². The van der Waals surface area contributed by atoms with Crippen LogP contribution in [-0.4, -0.2) is 180 Å². The minimum atomic E-state index is -2.39. The van der Waals surface area contributed by atoms with E-state index in [1.165, 1.54) is 18.2 Å². The van der Waals surface area contributed by atoms with Crippen molar-refractivity contribution in [3.63, 3.8) is 0 Å². The third-order valence-corrected chi connectivity index (χ3v) is 21.7. The van der Waals surface area contributed by atoms with Crippen LogP contribution in [0.3, 0.4) is 0 Å². The Balaban J connectivity index is 0.000000168.